The molecule has 0 saturated heterocycles. The molecule has 3 unspecified atom stereocenters. The van der Waals surface area contributed by atoms with Gasteiger partial charge in [0.1, 0.15) is 0 Å². The molecule has 3 atom stereocenters. The van der Waals surface area contributed by atoms with Gasteiger partial charge in [0.2, 0.25) is 5.88 Å². The number of pyridine rings is 1. The second-order valence-electron chi connectivity index (χ2n) is 5.44. The molecule has 100 valence electrons. The lowest BCUT2D eigenvalue weighted by Crippen LogP contribution is -2.33. The topological polar surface area (TPSA) is 34.1 Å². The van der Waals surface area contributed by atoms with Crippen molar-refractivity contribution in [3.8, 4) is 5.88 Å². The predicted molar refractivity (Wildman–Crippen MR) is 75.0 cm³/mol. The third kappa shape index (κ3) is 3.15. The van der Waals surface area contributed by atoms with E-state index in [1.807, 2.05) is 13.0 Å². The molecule has 0 bridgehead atoms. The van der Waals surface area contributed by atoms with Gasteiger partial charge in [-0.05, 0) is 50.2 Å². The first-order valence-corrected chi connectivity index (χ1v) is 7.05. The lowest BCUT2D eigenvalue weighted by atomic mass is 9.80. The molecule has 0 spiro atoms. The smallest absolute Gasteiger partial charge is 0.237 e. The zero-order chi connectivity index (χ0) is 13.0. The summed E-state index contributed by atoms with van der Waals surface area (Å²) in [5, 5.41) is 3.62. The highest BCUT2D eigenvalue weighted by molar-refractivity contribution is 5.52. The van der Waals surface area contributed by atoms with Gasteiger partial charge in [-0.25, -0.2) is 4.98 Å². The van der Waals surface area contributed by atoms with Crippen LogP contribution in [0.3, 0.4) is 0 Å². The van der Waals surface area contributed by atoms with Gasteiger partial charge in [-0.1, -0.05) is 13.8 Å². The minimum Gasteiger partial charge on any atom is -0.476 e. The Morgan fingerprint density at radius 1 is 1.39 bits per heavy atom. The highest BCUT2D eigenvalue weighted by Gasteiger charge is 2.25. The molecule has 1 fully saturated rings. The quantitative estimate of drug-likeness (QED) is 0.882. The van der Waals surface area contributed by atoms with Crippen molar-refractivity contribution < 1.29 is 4.74 Å². The Morgan fingerprint density at radius 3 is 2.94 bits per heavy atom. The van der Waals surface area contributed by atoms with Gasteiger partial charge in [-0.3, -0.25) is 0 Å². The number of nitrogens with one attached hydrogen (secondary N) is 1. The highest BCUT2D eigenvalue weighted by Crippen LogP contribution is 2.32. The second-order valence-corrected chi connectivity index (χ2v) is 5.44. The van der Waals surface area contributed by atoms with Gasteiger partial charge in [0.05, 0.1) is 12.3 Å². The van der Waals surface area contributed by atoms with E-state index in [-0.39, 0.29) is 0 Å². The third-order valence-corrected chi connectivity index (χ3v) is 3.82. The average Bonchev–Trinajstić information content (AvgIpc) is 2.35. The molecule has 0 radical (unpaired) electrons. The van der Waals surface area contributed by atoms with Crippen molar-refractivity contribution in [2.45, 2.75) is 46.1 Å². The average molecular weight is 248 g/mol. The van der Waals surface area contributed by atoms with Crippen molar-refractivity contribution in [3.63, 3.8) is 0 Å². The number of anilines is 1. The molecule has 1 aliphatic carbocycles. The fourth-order valence-corrected chi connectivity index (χ4v) is 2.83. The Bertz CT molecular complexity index is 381. The molecule has 0 amide bonds. The van der Waals surface area contributed by atoms with Crippen molar-refractivity contribution in [1.82, 2.24) is 4.98 Å². The van der Waals surface area contributed by atoms with Crippen molar-refractivity contribution in [3.05, 3.63) is 18.3 Å². The summed E-state index contributed by atoms with van der Waals surface area (Å²) < 4.78 is 5.56. The molecule has 0 aromatic carbocycles. The summed E-state index contributed by atoms with van der Waals surface area (Å²) >= 11 is 0. The van der Waals surface area contributed by atoms with Gasteiger partial charge in [-0.2, -0.15) is 0 Å². The van der Waals surface area contributed by atoms with Crippen LogP contribution in [-0.4, -0.2) is 17.6 Å². The maximum absolute atomic E-state index is 5.56. The van der Waals surface area contributed by atoms with Gasteiger partial charge in [0, 0.05) is 12.2 Å². The summed E-state index contributed by atoms with van der Waals surface area (Å²) in [6.07, 6.45) is 5.64. The maximum atomic E-state index is 5.56. The number of hydrogen-bond donors (Lipinski definition) is 1. The highest BCUT2D eigenvalue weighted by atomic mass is 16.5. The molecule has 18 heavy (non-hydrogen) atoms. The Kier molecular flexibility index (Phi) is 4.45. The lowest BCUT2D eigenvalue weighted by molar-refractivity contribution is 0.275. The van der Waals surface area contributed by atoms with Gasteiger partial charge in [-0.15, -0.1) is 0 Å². The van der Waals surface area contributed by atoms with E-state index >= 15 is 0 Å². The third-order valence-electron chi connectivity index (χ3n) is 3.82. The van der Waals surface area contributed by atoms with E-state index in [0.717, 1.165) is 17.5 Å². The van der Waals surface area contributed by atoms with Crippen LogP contribution >= 0.6 is 0 Å². The number of ether oxygens (including phenoxy) is 1. The standard InChI is InChI=1S/C15H24N2O/c1-4-18-15-14(6-5-9-16-15)17-13-8-7-11(2)10-12(13)3/h5-6,9,11-13,17H,4,7-8,10H2,1-3H3. The molecule has 1 saturated carbocycles. The van der Waals surface area contributed by atoms with Crippen LogP contribution in [0, 0.1) is 11.8 Å². The van der Waals surface area contributed by atoms with Gasteiger partial charge in [0.25, 0.3) is 0 Å². The zero-order valence-corrected chi connectivity index (χ0v) is 11.6. The van der Waals surface area contributed by atoms with Crippen LogP contribution in [0.4, 0.5) is 5.69 Å². The summed E-state index contributed by atoms with van der Waals surface area (Å²) in [5.41, 5.74) is 1.03. The molecular formula is C15H24N2O. The number of hydrogen-bond acceptors (Lipinski definition) is 3. The molecular weight excluding hydrogens is 224 g/mol. The first-order chi connectivity index (χ1) is 8.70. The summed E-state index contributed by atoms with van der Waals surface area (Å²) in [7, 11) is 0. The minimum atomic E-state index is 0.546. The van der Waals surface area contributed by atoms with E-state index in [2.05, 4.69) is 30.2 Å². The monoisotopic (exact) mass is 248 g/mol. The van der Waals surface area contributed by atoms with E-state index in [1.165, 1.54) is 19.3 Å². The van der Waals surface area contributed by atoms with E-state index in [4.69, 9.17) is 4.74 Å². The number of nitrogens with zero attached hydrogens (tertiary/aromatic N) is 1. The Hall–Kier alpha value is -1.25. The Balaban J connectivity index is 2.04. The van der Waals surface area contributed by atoms with Crippen molar-refractivity contribution in [1.29, 1.82) is 0 Å². The fourth-order valence-electron chi connectivity index (χ4n) is 2.83. The SMILES string of the molecule is CCOc1ncccc1NC1CCC(C)CC1C. The van der Waals surface area contributed by atoms with E-state index in [9.17, 15) is 0 Å². The molecule has 3 nitrogen and oxygen atoms in total. The molecule has 1 aliphatic rings. The number of rotatable bonds is 4. The normalized spacial score (nSPS) is 27.8. The molecule has 1 aromatic heterocycles. The summed E-state index contributed by atoms with van der Waals surface area (Å²) in [4.78, 5) is 4.29. The second kappa shape index (κ2) is 6.07. The van der Waals surface area contributed by atoms with Crippen LogP contribution in [0.1, 0.15) is 40.0 Å². The lowest BCUT2D eigenvalue weighted by Gasteiger charge is -2.34. The van der Waals surface area contributed by atoms with Crippen LogP contribution in [0.15, 0.2) is 18.3 Å². The molecule has 1 heterocycles. The largest absolute Gasteiger partial charge is 0.476 e. The molecule has 2 rings (SSSR count). The van der Waals surface area contributed by atoms with Gasteiger partial charge < -0.3 is 10.1 Å². The molecule has 1 aromatic rings. The molecule has 1 N–H and O–H groups in total. The van der Waals surface area contributed by atoms with Gasteiger partial charge in [0.15, 0.2) is 0 Å². The molecule has 3 heteroatoms. The van der Waals surface area contributed by atoms with Gasteiger partial charge >= 0.3 is 0 Å². The van der Waals surface area contributed by atoms with Crippen molar-refractivity contribution in [2.75, 3.05) is 11.9 Å². The maximum Gasteiger partial charge on any atom is 0.237 e. The molecule has 0 aliphatic heterocycles. The predicted octanol–water partition coefficient (Wildman–Crippen LogP) is 3.72. The summed E-state index contributed by atoms with van der Waals surface area (Å²) in [5.74, 6) is 2.30. The minimum absolute atomic E-state index is 0.546. The fraction of sp³-hybridized carbons (Fsp3) is 0.667. The van der Waals surface area contributed by atoms with Crippen LogP contribution < -0.4 is 10.1 Å². The Morgan fingerprint density at radius 2 is 2.22 bits per heavy atom. The zero-order valence-electron chi connectivity index (χ0n) is 11.6. The summed E-state index contributed by atoms with van der Waals surface area (Å²) in [6, 6.07) is 4.56. The first-order valence-electron chi connectivity index (χ1n) is 7.05. The van der Waals surface area contributed by atoms with Crippen LogP contribution in [0.25, 0.3) is 0 Å². The van der Waals surface area contributed by atoms with Crippen molar-refractivity contribution >= 4 is 5.69 Å². The van der Waals surface area contributed by atoms with E-state index in [0.29, 0.717) is 18.6 Å². The summed E-state index contributed by atoms with van der Waals surface area (Å²) in [6.45, 7) is 7.33. The first kappa shape index (κ1) is 13.2. The Labute approximate surface area is 110 Å². The number of aromatic nitrogens is 1. The van der Waals surface area contributed by atoms with Crippen molar-refractivity contribution in [2.24, 2.45) is 11.8 Å². The van der Waals surface area contributed by atoms with Crippen LogP contribution in [0.2, 0.25) is 0 Å². The van der Waals surface area contributed by atoms with E-state index in [1.54, 1.807) is 6.20 Å². The van der Waals surface area contributed by atoms with Crippen LogP contribution in [0.5, 0.6) is 5.88 Å². The van der Waals surface area contributed by atoms with E-state index < -0.39 is 0 Å². The van der Waals surface area contributed by atoms with Crippen LogP contribution in [-0.2, 0) is 0 Å².